The normalized spacial score (nSPS) is 11.4. The van der Waals surface area contributed by atoms with Crippen molar-refractivity contribution in [1.82, 2.24) is 19.5 Å². The van der Waals surface area contributed by atoms with Crippen LogP contribution < -0.4 is 10.3 Å². The van der Waals surface area contributed by atoms with Gasteiger partial charge in [-0.3, -0.25) is 9.36 Å². The van der Waals surface area contributed by atoms with Gasteiger partial charge >= 0.3 is 0 Å². The highest BCUT2D eigenvalue weighted by molar-refractivity contribution is 7.98. The van der Waals surface area contributed by atoms with Crippen molar-refractivity contribution >= 4 is 44.3 Å². The van der Waals surface area contributed by atoms with E-state index in [2.05, 4.69) is 9.97 Å². The van der Waals surface area contributed by atoms with Crippen LogP contribution in [-0.2, 0) is 12.3 Å². The number of fused-ring (bicyclic) bond motifs is 2. The van der Waals surface area contributed by atoms with Crippen LogP contribution in [0, 0.1) is 0 Å². The van der Waals surface area contributed by atoms with Gasteiger partial charge in [0.05, 0.1) is 36.0 Å². The van der Waals surface area contributed by atoms with Crippen LogP contribution in [0.4, 0.5) is 0 Å². The smallest absolute Gasteiger partial charge is 0.272 e. The largest absolute Gasteiger partial charge is 0.497 e. The number of rotatable bonds is 6. The minimum Gasteiger partial charge on any atom is -0.497 e. The summed E-state index contributed by atoms with van der Waals surface area (Å²) in [5.74, 6) is 2.24. The number of benzene rings is 2. The zero-order valence-electron chi connectivity index (χ0n) is 16.2. The molecule has 3 heterocycles. The van der Waals surface area contributed by atoms with Gasteiger partial charge < -0.3 is 9.72 Å². The summed E-state index contributed by atoms with van der Waals surface area (Å²) in [6.07, 6.45) is 0. The van der Waals surface area contributed by atoms with Crippen LogP contribution in [0.25, 0.3) is 21.3 Å². The zero-order chi connectivity index (χ0) is 20.5. The highest BCUT2D eigenvalue weighted by Crippen LogP contribution is 2.25. The molecule has 0 saturated carbocycles. The number of H-pyrrole nitrogens is 1. The Morgan fingerprint density at radius 2 is 1.90 bits per heavy atom. The Bertz CT molecular complexity index is 1350. The summed E-state index contributed by atoms with van der Waals surface area (Å²) in [6, 6.07) is 17.6. The lowest BCUT2D eigenvalue weighted by atomic mass is 10.2. The van der Waals surface area contributed by atoms with E-state index in [1.165, 1.54) is 23.1 Å². The fraction of sp³-hybridized carbons (Fsp3) is 0.136. The minimum atomic E-state index is -0.0158. The van der Waals surface area contributed by atoms with Gasteiger partial charge in [0, 0.05) is 0 Å². The lowest BCUT2D eigenvalue weighted by molar-refractivity contribution is 0.414. The summed E-state index contributed by atoms with van der Waals surface area (Å²) in [7, 11) is 1.64. The number of imidazole rings is 1. The van der Waals surface area contributed by atoms with E-state index in [1.807, 2.05) is 60.0 Å². The quantitative estimate of drug-likeness (QED) is 0.310. The molecule has 0 bridgehead atoms. The number of ether oxygens (including phenoxy) is 1. The molecule has 5 aromatic rings. The maximum Gasteiger partial charge on any atom is 0.272 e. The van der Waals surface area contributed by atoms with Crippen molar-refractivity contribution in [3.63, 3.8) is 0 Å². The molecule has 150 valence electrons. The minimum absolute atomic E-state index is 0.0158. The van der Waals surface area contributed by atoms with Crippen molar-refractivity contribution in [3.05, 3.63) is 81.7 Å². The Labute approximate surface area is 180 Å². The number of hydrogen-bond acceptors (Lipinski definition) is 6. The topological polar surface area (TPSA) is 72.8 Å². The Hall–Kier alpha value is -3.10. The highest BCUT2D eigenvalue weighted by atomic mass is 32.2. The van der Waals surface area contributed by atoms with Gasteiger partial charge in [0.2, 0.25) is 0 Å². The van der Waals surface area contributed by atoms with Crippen LogP contribution in [0.5, 0.6) is 5.75 Å². The molecule has 0 aliphatic carbocycles. The number of thioether (sulfide) groups is 1. The van der Waals surface area contributed by atoms with Crippen LogP contribution >= 0.6 is 23.1 Å². The third kappa shape index (κ3) is 3.59. The van der Waals surface area contributed by atoms with Gasteiger partial charge in [0.25, 0.3) is 5.56 Å². The average molecular weight is 435 g/mol. The van der Waals surface area contributed by atoms with Gasteiger partial charge in [-0.15, -0.1) is 11.3 Å². The second kappa shape index (κ2) is 7.97. The van der Waals surface area contributed by atoms with Gasteiger partial charge in [-0.25, -0.2) is 9.97 Å². The fourth-order valence-corrected chi connectivity index (χ4v) is 4.94. The molecule has 0 fully saturated rings. The molecule has 0 aliphatic rings. The standard InChI is InChI=1S/C22H18N4O2S2/c1-28-15-8-6-14(7-9-15)12-26-21(27)20-18(10-11-29-20)25-22(26)30-13-19-23-16-4-2-3-5-17(16)24-19/h2-11H,12-13H2,1H3,(H,23,24). The molecular formula is C22H18N4O2S2. The molecule has 30 heavy (non-hydrogen) atoms. The van der Waals surface area contributed by atoms with E-state index in [1.54, 1.807) is 11.7 Å². The van der Waals surface area contributed by atoms with Gasteiger partial charge in [-0.2, -0.15) is 0 Å². The van der Waals surface area contributed by atoms with E-state index < -0.39 is 0 Å². The molecule has 8 heteroatoms. The summed E-state index contributed by atoms with van der Waals surface area (Å²) in [5.41, 5.74) is 3.68. The number of nitrogens with zero attached hydrogens (tertiary/aromatic N) is 3. The molecule has 0 unspecified atom stereocenters. The maximum absolute atomic E-state index is 13.2. The first-order valence-electron chi connectivity index (χ1n) is 9.38. The van der Waals surface area contributed by atoms with Gasteiger partial charge in [-0.1, -0.05) is 36.0 Å². The lowest BCUT2D eigenvalue weighted by Crippen LogP contribution is -2.23. The number of thiophene rings is 1. The summed E-state index contributed by atoms with van der Waals surface area (Å²) < 4.78 is 7.65. The summed E-state index contributed by atoms with van der Waals surface area (Å²) in [6.45, 7) is 0.451. The molecule has 3 aromatic heterocycles. The van der Waals surface area contributed by atoms with E-state index in [0.29, 0.717) is 22.2 Å². The molecule has 0 radical (unpaired) electrons. The van der Waals surface area contributed by atoms with Crippen LogP contribution in [0.15, 0.2) is 69.9 Å². The van der Waals surface area contributed by atoms with Gasteiger partial charge in [0.1, 0.15) is 16.3 Å². The summed E-state index contributed by atoms with van der Waals surface area (Å²) >= 11 is 2.94. The third-order valence-corrected chi connectivity index (χ3v) is 6.69. The molecule has 0 amide bonds. The number of aromatic amines is 1. The Morgan fingerprint density at radius 1 is 1.07 bits per heavy atom. The Kier molecular flexibility index (Phi) is 5.02. The Balaban J connectivity index is 1.49. The summed E-state index contributed by atoms with van der Waals surface area (Å²) in [4.78, 5) is 25.9. The number of methoxy groups -OCH3 is 1. The number of hydrogen-bond donors (Lipinski definition) is 1. The summed E-state index contributed by atoms with van der Waals surface area (Å²) in [5, 5.41) is 2.59. The molecule has 0 atom stereocenters. The number of para-hydroxylation sites is 2. The van der Waals surface area contributed by atoms with E-state index in [-0.39, 0.29) is 5.56 Å². The van der Waals surface area contributed by atoms with E-state index >= 15 is 0 Å². The van der Waals surface area contributed by atoms with Crippen molar-refractivity contribution < 1.29 is 4.74 Å². The molecule has 0 aliphatic heterocycles. The second-order valence-electron chi connectivity index (χ2n) is 6.76. The molecule has 1 N–H and O–H groups in total. The van der Waals surface area contributed by atoms with Crippen LogP contribution in [0.3, 0.4) is 0 Å². The third-order valence-electron chi connectivity index (χ3n) is 4.81. The van der Waals surface area contributed by atoms with E-state index in [9.17, 15) is 4.79 Å². The number of aromatic nitrogens is 4. The van der Waals surface area contributed by atoms with Crippen LogP contribution in [-0.4, -0.2) is 26.6 Å². The first-order valence-corrected chi connectivity index (χ1v) is 11.3. The monoisotopic (exact) mass is 434 g/mol. The van der Waals surface area contributed by atoms with Crippen LogP contribution in [0.2, 0.25) is 0 Å². The average Bonchev–Trinajstić information content (AvgIpc) is 3.41. The van der Waals surface area contributed by atoms with Gasteiger partial charge in [0.15, 0.2) is 5.16 Å². The van der Waals surface area contributed by atoms with Crippen molar-refractivity contribution in [3.8, 4) is 5.75 Å². The van der Waals surface area contributed by atoms with Crippen molar-refractivity contribution in [1.29, 1.82) is 0 Å². The molecule has 6 nitrogen and oxygen atoms in total. The van der Waals surface area contributed by atoms with E-state index in [4.69, 9.17) is 9.72 Å². The predicted molar refractivity (Wildman–Crippen MR) is 122 cm³/mol. The molecule has 0 spiro atoms. The SMILES string of the molecule is COc1ccc(Cn2c(SCc3nc4ccccc4[nH]3)nc3ccsc3c2=O)cc1. The van der Waals surface area contributed by atoms with E-state index in [0.717, 1.165) is 33.7 Å². The maximum atomic E-state index is 13.2. The lowest BCUT2D eigenvalue weighted by Gasteiger charge is -2.12. The first kappa shape index (κ1) is 18.9. The number of nitrogens with one attached hydrogen (secondary N) is 1. The first-order chi connectivity index (χ1) is 14.7. The zero-order valence-corrected chi connectivity index (χ0v) is 17.8. The van der Waals surface area contributed by atoms with Crippen molar-refractivity contribution in [2.75, 3.05) is 7.11 Å². The van der Waals surface area contributed by atoms with Crippen molar-refractivity contribution in [2.45, 2.75) is 17.5 Å². The second-order valence-corrected chi connectivity index (χ2v) is 8.62. The Morgan fingerprint density at radius 3 is 2.70 bits per heavy atom. The molecule has 0 saturated heterocycles. The fourth-order valence-electron chi connectivity index (χ4n) is 3.29. The highest BCUT2D eigenvalue weighted by Gasteiger charge is 2.14. The van der Waals surface area contributed by atoms with Crippen molar-refractivity contribution in [2.24, 2.45) is 0 Å². The van der Waals surface area contributed by atoms with Crippen LogP contribution in [0.1, 0.15) is 11.4 Å². The predicted octanol–water partition coefficient (Wildman–Crippen LogP) is 4.68. The molecule has 2 aromatic carbocycles. The molecule has 5 rings (SSSR count). The van der Waals surface area contributed by atoms with Gasteiger partial charge in [-0.05, 0) is 41.3 Å². The molecular weight excluding hydrogens is 416 g/mol.